The molecule has 0 radical (unpaired) electrons. The van der Waals surface area contributed by atoms with Gasteiger partial charge >= 0.3 is 0 Å². The SMILES string of the molecule is COc1c(C)cccc1CN1CCC(c2cc(F)cc3c2CN(C2CCC(=O)NC2=O)C3=O)CC1. The van der Waals surface area contributed by atoms with Gasteiger partial charge in [-0.3, -0.25) is 24.6 Å². The van der Waals surface area contributed by atoms with E-state index in [0.717, 1.165) is 60.5 Å². The van der Waals surface area contributed by atoms with Crippen LogP contribution in [0.4, 0.5) is 4.39 Å². The first-order valence-electron chi connectivity index (χ1n) is 12.2. The average Bonchev–Trinajstić information content (AvgIpc) is 3.15. The molecule has 0 aliphatic carbocycles. The fourth-order valence-electron chi connectivity index (χ4n) is 5.79. The van der Waals surface area contributed by atoms with Gasteiger partial charge < -0.3 is 9.64 Å². The van der Waals surface area contributed by atoms with Crippen molar-refractivity contribution in [2.24, 2.45) is 0 Å². The molecule has 35 heavy (non-hydrogen) atoms. The topological polar surface area (TPSA) is 79.0 Å². The molecule has 2 aromatic carbocycles. The van der Waals surface area contributed by atoms with Crippen LogP contribution in [0.3, 0.4) is 0 Å². The maximum Gasteiger partial charge on any atom is 0.255 e. The summed E-state index contributed by atoms with van der Waals surface area (Å²) in [4.78, 5) is 40.9. The number of amides is 3. The van der Waals surface area contributed by atoms with Crippen LogP contribution in [0.2, 0.25) is 0 Å². The lowest BCUT2D eigenvalue weighted by atomic mass is 9.85. The smallest absolute Gasteiger partial charge is 0.255 e. The monoisotopic (exact) mass is 479 g/mol. The summed E-state index contributed by atoms with van der Waals surface area (Å²) in [5.41, 5.74) is 4.30. The molecule has 3 amide bonds. The normalized spacial score (nSPS) is 21.3. The van der Waals surface area contributed by atoms with Crippen LogP contribution < -0.4 is 10.1 Å². The van der Waals surface area contributed by atoms with Gasteiger partial charge in [0.15, 0.2) is 0 Å². The lowest BCUT2D eigenvalue weighted by Gasteiger charge is -2.33. The Kier molecular flexibility index (Phi) is 6.32. The van der Waals surface area contributed by atoms with Crippen molar-refractivity contribution < 1.29 is 23.5 Å². The Hall–Kier alpha value is -3.26. The fourth-order valence-corrected chi connectivity index (χ4v) is 5.79. The minimum Gasteiger partial charge on any atom is -0.496 e. The molecule has 1 unspecified atom stereocenters. The molecule has 2 fully saturated rings. The number of carbonyl (C=O) groups excluding carboxylic acids is 3. The Balaban J connectivity index is 1.31. The number of nitrogens with one attached hydrogen (secondary N) is 1. The second-order valence-corrected chi connectivity index (χ2v) is 9.74. The fraction of sp³-hybridized carbons (Fsp3) is 0.444. The zero-order valence-corrected chi connectivity index (χ0v) is 20.1. The van der Waals surface area contributed by atoms with Crippen molar-refractivity contribution in [3.8, 4) is 5.75 Å². The lowest BCUT2D eigenvalue weighted by Crippen LogP contribution is -2.52. The Bertz CT molecular complexity index is 1190. The Morgan fingerprint density at radius 2 is 1.89 bits per heavy atom. The summed E-state index contributed by atoms with van der Waals surface area (Å²) in [6.07, 6.45) is 2.21. The number of methoxy groups -OCH3 is 1. The Morgan fingerprint density at radius 3 is 2.60 bits per heavy atom. The number of para-hydroxylation sites is 1. The van der Waals surface area contributed by atoms with Gasteiger partial charge in [-0.05, 0) is 74.0 Å². The number of likely N-dealkylation sites (tertiary alicyclic amines) is 1. The van der Waals surface area contributed by atoms with Gasteiger partial charge in [0.25, 0.3) is 5.91 Å². The number of rotatable bonds is 5. The lowest BCUT2D eigenvalue weighted by molar-refractivity contribution is -0.136. The van der Waals surface area contributed by atoms with Crippen LogP contribution >= 0.6 is 0 Å². The second-order valence-electron chi connectivity index (χ2n) is 9.74. The predicted octanol–water partition coefficient (Wildman–Crippen LogP) is 3.28. The number of hydrogen-bond acceptors (Lipinski definition) is 5. The van der Waals surface area contributed by atoms with Crippen LogP contribution in [0.15, 0.2) is 30.3 Å². The molecule has 2 aromatic rings. The van der Waals surface area contributed by atoms with Crippen molar-refractivity contribution in [1.29, 1.82) is 0 Å². The van der Waals surface area contributed by atoms with Gasteiger partial charge in [0, 0.05) is 30.6 Å². The summed E-state index contributed by atoms with van der Waals surface area (Å²) in [5.74, 6) is -0.473. The van der Waals surface area contributed by atoms with E-state index in [0.29, 0.717) is 12.0 Å². The Morgan fingerprint density at radius 1 is 1.11 bits per heavy atom. The van der Waals surface area contributed by atoms with Gasteiger partial charge in [0.2, 0.25) is 11.8 Å². The molecule has 1 N–H and O–H groups in total. The maximum atomic E-state index is 14.6. The number of nitrogens with zero attached hydrogens (tertiary/aromatic N) is 2. The molecular weight excluding hydrogens is 449 g/mol. The highest BCUT2D eigenvalue weighted by atomic mass is 19.1. The summed E-state index contributed by atoms with van der Waals surface area (Å²) in [6.45, 7) is 4.82. The molecular formula is C27H30FN3O4. The van der Waals surface area contributed by atoms with Gasteiger partial charge in [-0.1, -0.05) is 18.2 Å². The molecule has 3 aliphatic rings. The van der Waals surface area contributed by atoms with Gasteiger partial charge in [-0.2, -0.15) is 0 Å². The molecule has 2 saturated heterocycles. The van der Waals surface area contributed by atoms with Crippen molar-refractivity contribution in [3.05, 3.63) is 64.0 Å². The van der Waals surface area contributed by atoms with Gasteiger partial charge in [0.1, 0.15) is 17.6 Å². The summed E-state index contributed by atoms with van der Waals surface area (Å²) in [7, 11) is 1.70. The zero-order chi connectivity index (χ0) is 24.7. The minimum atomic E-state index is -0.699. The molecule has 3 heterocycles. The number of halogens is 1. The molecule has 5 rings (SSSR count). The van der Waals surface area contributed by atoms with E-state index in [1.54, 1.807) is 13.2 Å². The van der Waals surface area contributed by atoms with E-state index < -0.39 is 17.8 Å². The zero-order valence-electron chi connectivity index (χ0n) is 20.1. The molecule has 3 aliphatic heterocycles. The number of ether oxygens (including phenoxy) is 1. The highest BCUT2D eigenvalue weighted by Gasteiger charge is 2.41. The van der Waals surface area contributed by atoms with Crippen LogP contribution in [0.1, 0.15) is 64.2 Å². The molecule has 0 bridgehead atoms. The van der Waals surface area contributed by atoms with E-state index in [2.05, 4.69) is 16.3 Å². The summed E-state index contributed by atoms with van der Waals surface area (Å²) < 4.78 is 20.2. The van der Waals surface area contributed by atoms with E-state index in [9.17, 15) is 18.8 Å². The number of benzene rings is 2. The van der Waals surface area contributed by atoms with Gasteiger partial charge in [0.05, 0.1) is 7.11 Å². The van der Waals surface area contributed by atoms with Crippen molar-refractivity contribution in [2.75, 3.05) is 20.2 Å². The second kappa shape index (κ2) is 9.41. The van der Waals surface area contributed by atoms with E-state index in [1.165, 1.54) is 11.0 Å². The van der Waals surface area contributed by atoms with Crippen LogP contribution in [-0.4, -0.2) is 53.8 Å². The third-order valence-electron chi connectivity index (χ3n) is 7.57. The summed E-state index contributed by atoms with van der Waals surface area (Å²) in [5, 5.41) is 2.32. The van der Waals surface area contributed by atoms with Crippen molar-refractivity contribution in [2.45, 2.75) is 57.7 Å². The van der Waals surface area contributed by atoms with Gasteiger partial charge in [-0.25, -0.2) is 4.39 Å². The highest BCUT2D eigenvalue weighted by molar-refractivity contribution is 6.05. The molecule has 0 spiro atoms. The quantitative estimate of drug-likeness (QED) is 0.666. The maximum absolute atomic E-state index is 14.6. The first-order valence-corrected chi connectivity index (χ1v) is 12.2. The molecule has 184 valence electrons. The van der Waals surface area contributed by atoms with Crippen LogP contribution in [-0.2, 0) is 22.7 Å². The number of carbonyl (C=O) groups is 3. The predicted molar refractivity (Wildman–Crippen MR) is 127 cm³/mol. The number of hydrogen-bond donors (Lipinski definition) is 1. The number of fused-ring (bicyclic) bond motifs is 1. The van der Waals surface area contributed by atoms with Crippen molar-refractivity contribution in [3.63, 3.8) is 0 Å². The third-order valence-corrected chi connectivity index (χ3v) is 7.57. The molecule has 8 heteroatoms. The largest absolute Gasteiger partial charge is 0.496 e. The number of piperidine rings is 2. The minimum absolute atomic E-state index is 0.143. The van der Waals surface area contributed by atoms with Crippen LogP contribution in [0, 0.1) is 12.7 Å². The van der Waals surface area contributed by atoms with E-state index in [-0.39, 0.29) is 30.7 Å². The summed E-state index contributed by atoms with van der Waals surface area (Å²) in [6, 6.07) is 8.32. The standard InChI is InChI=1S/C27H30FN3O4/c1-16-4-3-5-18(25(16)35-2)14-30-10-8-17(9-11-30)20-12-19(28)13-21-22(20)15-31(27(21)34)23-6-7-24(32)29-26(23)33/h3-5,12-13,17,23H,6-11,14-15H2,1-2H3,(H,29,32,33). The average molecular weight is 480 g/mol. The molecule has 1 atom stereocenters. The van der Waals surface area contributed by atoms with Crippen LogP contribution in [0.25, 0.3) is 0 Å². The highest BCUT2D eigenvalue weighted by Crippen LogP contribution is 2.38. The van der Waals surface area contributed by atoms with E-state index in [1.807, 2.05) is 19.1 Å². The Labute approximate surface area is 204 Å². The van der Waals surface area contributed by atoms with Gasteiger partial charge in [-0.15, -0.1) is 0 Å². The van der Waals surface area contributed by atoms with E-state index >= 15 is 0 Å². The molecule has 0 aromatic heterocycles. The van der Waals surface area contributed by atoms with Crippen molar-refractivity contribution in [1.82, 2.24) is 15.1 Å². The molecule has 0 saturated carbocycles. The first-order chi connectivity index (χ1) is 16.9. The number of aryl methyl sites for hydroxylation is 1. The van der Waals surface area contributed by atoms with E-state index in [4.69, 9.17) is 4.74 Å². The third kappa shape index (κ3) is 4.43. The first kappa shape index (κ1) is 23.5. The number of imide groups is 1. The van der Waals surface area contributed by atoms with Crippen molar-refractivity contribution >= 4 is 17.7 Å². The van der Waals surface area contributed by atoms with Crippen LogP contribution in [0.5, 0.6) is 5.75 Å². The summed E-state index contributed by atoms with van der Waals surface area (Å²) >= 11 is 0. The molecule has 7 nitrogen and oxygen atoms in total.